The van der Waals surface area contributed by atoms with Gasteiger partial charge in [-0.05, 0) is 59.3 Å². The highest BCUT2D eigenvalue weighted by molar-refractivity contribution is 6.43. The molecule has 2 aliphatic rings. The van der Waals surface area contributed by atoms with Crippen LogP contribution < -0.4 is 5.73 Å². The van der Waals surface area contributed by atoms with Gasteiger partial charge in [0.25, 0.3) is 0 Å². The van der Waals surface area contributed by atoms with Crippen LogP contribution in [0, 0.1) is 16.7 Å². The zero-order valence-electron chi connectivity index (χ0n) is 34.6. The van der Waals surface area contributed by atoms with E-state index in [2.05, 4.69) is 36.8 Å². The van der Waals surface area contributed by atoms with Crippen LogP contribution in [-0.2, 0) is 43.0 Å². The number of amides is 1. The number of ketones is 2. The minimum atomic E-state index is -0.935. The number of primary amides is 1. The monoisotopic (exact) mass is 802 g/mol. The summed E-state index contributed by atoms with van der Waals surface area (Å²) in [7, 11) is 0. The topological polar surface area (TPSA) is 278 Å². The Bertz CT molecular complexity index is 1270. The van der Waals surface area contributed by atoms with Crippen molar-refractivity contribution >= 4 is 41.5 Å². The Morgan fingerprint density at radius 3 is 1.29 bits per heavy atom. The van der Waals surface area contributed by atoms with E-state index in [1.54, 1.807) is 11.8 Å². The van der Waals surface area contributed by atoms with Crippen molar-refractivity contribution in [3.63, 3.8) is 0 Å². The van der Waals surface area contributed by atoms with E-state index in [0.29, 0.717) is 32.7 Å². The standard InChI is InChI=1S/C12H18O4.C10H14O2.C6H15NO3.2C4H6O2.C3H7NO2/c1-6-7-10(15-11(13)8(2)3)16-12(14)9(4)5;1-9(2)6-4-5-10(9,3)8(12)7(6)11;8-4-1-7(2-5-9)3-6-10;2*1-3(2)4(5)6;1-2-6-3(4)5/h10H,2,4,6-7H2,1,3,5H3;6H,4-5H2,1-3H3;8-10H,1-6H2;2*1H2,2H3,(H,5,6);2H2,1H3,(H2,4,5). The van der Waals surface area contributed by atoms with Gasteiger partial charge in [0.2, 0.25) is 17.9 Å². The first-order valence-corrected chi connectivity index (χ1v) is 17.8. The van der Waals surface area contributed by atoms with Gasteiger partial charge in [-0.25, -0.2) is 24.0 Å². The fourth-order valence-electron chi connectivity index (χ4n) is 4.52. The fourth-order valence-corrected chi connectivity index (χ4v) is 4.52. The minimum absolute atomic E-state index is 0.00926. The lowest BCUT2D eigenvalue weighted by Crippen LogP contribution is -2.33. The number of aliphatic carboxylic acids is 2. The van der Waals surface area contributed by atoms with Crippen LogP contribution in [0.1, 0.15) is 88.0 Å². The number of nitrogens with two attached hydrogens (primary N) is 1. The molecule has 2 rings (SSSR count). The first kappa shape index (κ1) is 58.0. The molecule has 2 fully saturated rings. The predicted molar refractivity (Wildman–Crippen MR) is 209 cm³/mol. The van der Waals surface area contributed by atoms with Crippen LogP contribution >= 0.6 is 0 Å². The van der Waals surface area contributed by atoms with Crippen molar-refractivity contribution in [2.75, 3.05) is 46.1 Å². The van der Waals surface area contributed by atoms with Crippen LogP contribution in [-0.4, -0.2) is 124 Å². The number of Topliss-reactive ketones (excluding diaryl/α,β-unsaturated/α-hetero) is 2. The number of carbonyl (C=O) groups excluding carboxylic acids is 5. The molecule has 56 heavy (non-hydrogen) atoms. The van der Waals surface area contributed by atoms with E-state index in [1.807, 2.05) is 27.7 Å². The van der Waals surface area contributed by atoms with E-state index in [4.69, 9.17) is 35.0 Å². The van der Waals surface area contributed by atoms with Gasteiger partial charge in [0.1, 0.15) is 0 Å². The zero-order valence-corrected chi connectivity index (χ0v) is 34.6. The molecule has 2 atom stereocenters. The molecule has 0 radical (unpaired) electrons. The molecule has 0 spiro atoms. The van der Waals surface area contributed by atoms with Crippen LogP contribution in [0.4, 0.5) is 4.79 Å². The Hall–Kier alpha value is -4.71. The molecular weight excluding hydrogens is 736 g/mol. The van der Waals surface area contributed by atoms with E-state index in [-0.39, 0.29) is 70.4 Å². The number of nitrogens with zero attached hydrogens (tertiary/aromatic N) is 1. The number of fused-ring (bicyclic) bond motifs is 2. The van der Waals surface area contributed by atoms with Gasteiger partial charge in [0.05, 0.1) is 26.4 Å². The number of aliphatic hydroxyl groups excluding tert-OH is 3. The van der Waals surface area contributed by atoms with Gasteiger partial charge in [0, 0.05) is 59.7 Å². The lowest BCUT2D eigenvalue weighted by Gasteiger charge is -2.31. The number of carboxylic acids is 2. The van der Waals surface area contributed by atoms with E-state index in [1.165, 1.54) is 27.7 Å². The Balaban J connectivity index is -0.000000303. The molecule has 1 amide bonds. The molecular formula is C39H66N2O15. The normalized spacial score (nSPS) is 16.6. The highest BCUT2D eigenvalue weighted by atomic mass is 16.7. The summed E-state index contributed by atoms with van der Waals surface area (Å²) in [4.78, 5) is 76.1. The predicted octanol–water partition coefficient (Wildman–Crippen LogP) is 3.59. The van der Waals surface area contributed by atoms with Gasteiger partial charge in [-0.2, -0.15) is 0 Å². The molecule has 2 aliphatic carbocycles. The van der Waals surface area contributed by atoms with Crippen molar-refractivity contribution in [1.29, 1.82) is 0 Å². The smallest absolute Gasteiger partial charge is 0.404 e. The summed E-state index contributed by atoms with van der Waals surface area (Å²) in [5, 5.41) is 41.2. The van der Waals surface area contributed by atoms with E-state index < -0.39 is 36.3 Å². The summed E-state index contributed by atoms with van der Waals surface area (Å²) in [5.74, 6) is -3.22. The molecule has 17 heteroatoms. The Morgan fingerprint density at radius 1 is 0.768 bits per heavy atom. The molecule has 2 saturated carbocycles. The molecule has 0 aromatic heterocycles. The van der Waals surface area contributed by atoms with Crippen LogP contribution in [0.5, 0.6) is 0 Å². The second kappa shape index (κ2) is 30.5. The third-order valence-corrected chi connectivity index (χ3v) is 8.23. The maximum Gasteiger partial charge on any atom is 0.404 e. The number of esters is 2. The fraction of sp³-hybridized carbons (Fsp3) is 0.615. The van der Waals surface area contributed by atoms with Crippen molar-refractivity contribution < 1.29 is 73.3 Å². The summed E-state index contributed by atoms with van der Waals surface area (Å²) in [6, 6.07) is 0. The Labute approximate surface area is 330 Å². The van der Waals surface area contributed by atoms with Crippen molar-refractivity contribution in [2.24, 2.45) is 22.5 Å². The second-order valence-electron chi connectivity index (χ2n) is 13.4. The highest BCUT2D eigenvalue weighted by Gasteiger charge is 2.66. The first-order valence-electron chi connectivity index (χ1n) is 17.8. The molecule has 0 saturated heterocycles. The molecule has 17 nitrogen and oxygen atoms in total. The maximum atomic E-state index is 11.6. The average molecular weight is 803 g/mol. The van der Waals surface area contributed by atoms with Crippen LogP contribution in [0.3, 0.4) is 0 Å². The molecule has 2 bridgehead atoms. The number of ether oxygens (including phenoxy) is 3. The van der Waals surface area contributed by atoms with Gasteiger partial charge in [-0.1, -0.05) is 54.0 Å². The third kappa shape index (κ3) is 23.9. The van der Waals surface area contributed by atoms with Crippen LogP contribution in [0.15, 0.2) is 48.6 Å². The maximum absolute atomic E-state index is 11.6. The molecule has 0 aliphatic heterocycles. The number of rotatable bonds is 15. The van der Waals surface area contributed by atoms with Gasteiger partial charge < -0.3 is 45.5 Å². The molecule has 322 valence electrons. The van der Waals surface area contributed by atoms with Crippen molar-refractivity contribution in [3.8, 4) is 0 Å². The Kier molecular flexibility index (Phi) is 31.6. The highest BCUT2D eigenvalue weighted by Crippen LogP contribution is 2.61. The summed E-state index contributed by atoms with van der Waals surface area (Å²) in [5.41, 5.74) is 4.99. The second-order valence-corrected chi connectivity index (χ2v) is 13.4. The van der Waals surface area contributed by atoms with Crippen LogP contribution in [0.25, 0.3) is 0 Å². The average Bonchev–Trinajstić information content (AvgIpc) is 3.39. The molecule has 0 aromatic rings. The van der Waals surface area contributed by atoms with Gasteiger partial charge in [-0.15, -0.1) is 0 Å². The van der Waals surface area contributed by atoms with Crippen molar-refractivity contribution in [2.45, 2.75) is 94.3 Å². The SMILES string of the molecule is C=C(C)C(=O)O.C=C(C)C(=O)O.C=C(C)C(=O)OC(CCC)OC(=O)C(=C)C.CC12CCC(C(=O)C1=O)C2(C)C.CCOC(N)=O.OCCN(CCO)CCO. The van der Waals surface area contributed by atoms with Crippen molar-refractivity contribution in [1.82, 2.24) is 4.90 Å². The molecule has 7 N–H and O–H groups in total. The zero-order chi connectivity index (χ0) is 45.0. The van der Waals surface area contributed by atoms with E-state index in [0.717, 1.165) is 19.3 Å². The van der Waals surface area contributed by atoms with Gasteiger partial charge >= 0.3 is 30.0 Å². The van der Waals surface area contributed by atoms with E-state index in [9.17, 15) is 33.6 Å². The van der Waals surface area contributed by atoms with Gasteiger partial charge in [-0.3, -0.25) is 14.5 Å². The lowest BCUT2D eigenvalue weighted by atomic mass is 9.70. The van der Waals surface area contributed by atoms with Crippen molar-refractivity contribution in [3.05, 3.63) is 48.6 Å². The minimum Gasteiger partial charge on any atom is -0.478 e. The molecule has 2 unspecified atom stereocenters. The summed E-state index contributed by atoms with van der Waals surface area (Å²) in [6.45, 7) is 30.9. The quantitative estimate of drug-likeness (QED) is 0.0597. The Morgan fingerprint density at radius 2 is 1.12 bits per heavy atom. The third-order valence-electron chi connectivity index (χ3n) is 8.23. The summed E-state index contributed by atoms with van der Waals surface area (Å²) < 4.78 is 14.1. The number of carbonyl (C=O) groups is 7. The first-order chi connectivity index (χ1) is 25.7. The number of carboxylic acid groups (broad SMARTS) is 2. The molecule has 0 aromatic carbocycles. The molecule has 0 heterocycles. The number of hydrogen-bond acceptors (Lipinski definition) is 14. The van der Waals surface area contributed by atoms with Gasteiger partial charge in [0.15, 0.2) is 0 Å². The largest absolute Gasteiger partial charge is 0.478 e. The lowest BCUT2D eigenvalue weighted by molar-refractivity contribution is -0.183. The summed E-state index contributed by atoms with van der Waals surface area (Å²) in [6.07, 6.45) is 1.43. The number of aliphatic hydroxyl groups is 3. The number of hydrogen-bond donors (Lipinski definition) is 6. The van der Waals surface area contributed by atoms with Crippen LogP contribution in [0.2, 0.25) is 0 Å². The summed E-state index contributed by atoms with van der Waals surface area (Å²) >= 11 is 0. The van der Waals surface area contributed by atoms with E-state index >= 15 is 0 Å².